The average molecular weight is 480 g/mol. The molecule has 0 spiro atoms. The fraction of sp³-hybridized carbons (Fsp3) is 0.217. The van der Waals surface area contributed by atoms with Gasteiger partial charge >= 0.3 is 0 Å². The summed E-state index contributed by atoms with van der Waals surface area (Å²) in [5.74, 6) is 0.193. The highest BCUT2D eigenvalue weighted by Gasteiger charge is 2.15. The third kappa shape index (κ3) is 5.93. The van der Waals surface area contributed by atoms with Gasteiger partial charge in [0.1, 0.15) is 23.3 Å². The molecule has 1 amide bonds. The molecule has 11 heteroatoms. The van der Waals surface area contributed by atoms with E-state index in [1.807, 2.05) is 13.0 Å². The van der Waals surface area contributed by atoms with Crippen molar-refractivity contribution in [1.29, 1.82) is 5.26 Å². The normalized spacial score (nSPS) is 10.9. The molecule has 0 aliphatic carbocycles. The van der Waals surface area contributed by atoms with Gasteiger partial charge in [0.2, 0.25) is 5.13 Å². The number of methoxy groups -OCH3 is 1. The van der Waals surface area contributed by atoms with Gasteiger partial charge in [-0.25, -0.2) is 0 Å². The summed E-state index contributed by atoms with van der Waals surface area (Å²) in [4.78, 5) is 23.2. The lowest BCUT2D eigenvalue weighted by Gasteiger charge is -2.12. The molecule has 0 saturated heterocycles. The largest absolute Gasteiger partial charge is 0.493 e. The zero-order valence-corrected chi connectivity index (χ0v) is 19.5. The first-order chi connectivity index (χ1) is 16.3. The fourth-order valence-electron chi connectivity index (χ4n) is 2.92. The summed E-state index contributed by atoms with van der Waals surface area (Å²) < 4.78 is 11.2. The van der Waals surface area contributed by atoms with Crippen molar-refractivity contribution in [3.63, 3.8) is 0 Å². The number of nitrogens with zero attached hydrogens (tertiary/aromatic N) is 4. The standard InChI is InChI=1S/C23H21N5O5S/c1-4-21-26-27-23(34-21)25-22(29)17(12-24)9-15-7-8-19(20(11-15)32-3)33-13-16-6-5-14(2)18(10-16)28(30)31/h5-11H,4,13H2,1-3H3,(H,25,27,29). The Bertz CT molecular complexity index is 1300. The van der Waals surface area contributed by atoms with Crippen LogP contribution in [0.1, 0.15) is 28.6 Å². The van der Waals surface area contributed by atoms with E-state index < -0.39 is 10.8 Å². The summed E-state index contributed by atoms with van der Waals surface area (Å²) >= 11 is 1.25. The number of ether oxygens (including phenoxy) is 2. The molecule has 1 aromatic heterocycles. The van der Waals surface area contributed by atoms with Crippen LogP contribution in [-0.4, -0.2) is 28.1 Å². The second-order valence-electron chi connectivity index (χ2n) is 7.06. The van der Waals surface area contributed by atoms with Gasteiger partial charge in [-0.3, -0.25) is 20.2 Å². The SMILES string of the molecule is CCc1nnc(NC(=O)C(C#N)=Cc2ccc(OCc3ccc(C)c([N+](=O)[O-])c3)c(OC)c2)s1. The van der Waals surface area contributed by atoms with E-state index in [4.69, 9.17) is 9.47 Å². The second-order valence-corrected chi connectivity index (χ2v) is 8.12. The molecule has 1 heterocycles. The van der Waals surface area contributed by atoms with Crippen molar-refractivity contribution >= 4 is 34.1 Å². The fourth-order valence-corrected chi connectivity index (χ4v) is 3.60. The van der Waals surface area contributed by atoms with Crippen LogP contribution in [0.3, 0.4) is 0 Å². The molecule has 3 rings (SSSR count). The highest BCUT2D eigenvalue weighted by atomic mass is 32.1. The minimum absolute atomic E-state index is 0.0234. The molecule has 0 saturated carbocycles. The van der Waals surface area contributed by atoms with Crippen LogP contribution in [0.5, 0.6) is 11.5 Å². The highest BCUT2D eigenvalue weighted by Crippen LogP contribution is 2.30. The Morgan fingerprint density at radius 1 is 1.26 bits per heavy atom. The number of rotatable bonds is 9. The van der Waals surface area contributed by atoms with Crippen LogP contribution in [0.2, 0.25) is 0 Å². The highest BCUT2D eigenvalue weighted by molar-refractivity contribution is 7.15. The van der Waals surface area contributed by atoms with Gasteiger partial charge in [0.05, 0.1) is 12.0 Å². The van der Waals surface area contributed by atoms with Crippen molar-refractivity contribution in [2.45, 2.75) is 26.9 Å². The predicted molar refractivity (Wildman–Crippen MR) is 127 cm³/mol. The van der Waals surface area contributed by atoms with Crippen molar-refractivity contribution in [1.82, 2.24) is 10.2 Å². The molecule has 2 aromatic carbocycles. The van der Waals surface area contributed by atoms with E-state index in [1.165, 1.54) is 30.6 Å². The number of aryl methyl sites for hydroxylation is 2. The van der Waals surface area contributed by atoms with Gasteiger partial charge < -0.3 is 9.47 Å². The summed E-state index contributed by atoms with van der Waals surface area (Å²) in [6, 6.07) is 11.7. The van der Waals surface area contributed by atoms with E-state index in [2.05, 4.69) is 15.5 Å². The average Bonchev–Trinajstić information content (AvgIpc) is 3.29. The van der Waals surface area contributed by atoms with E-state index in [1.54, 1.807) is 37.3 Å². The molecule has 3 aromatic rings. The summed E-state index contributed by atoms with van der Waals surface area (Å²) in [7, 11) is 1.46. The number of carbonyl (C=O) groups is 1. The van der Waals surface area contributed by atoms with Crippen molar-refractivity contribution in [3.05, 3.63) is 73.8 Å². The summed E-state index contributed by atoms with van der Waals surface area (Å²) in [6.45, 7) is 3.70. The summed E-state index contributed by atoms with van der Waals surface area (Å²) in [5.41, 5.74) is 1.66. The quantitative estimate of drug-likeness (QED) is 0.205. The van der Waals surface area contributed by atoms with E-state index in [-0.39, 0.29) is 17.9 Å². The van der Waals surface area contributed by atoms with Crippen LogP contribution in [0, 0.1) is 28.4 Å². The van der Waals surface area contributed by atoms with Crippen LogP contribution >= 0.6 is 11.3 Å². The molecule has 10 nitrogen and oxygen atoms in total. The number of hydrogen-bond donors (Lipinski definition) is 1. The Morgan fingerprint density at radius 2 is 2.06 bits per heavy atom. The first-order valence-electron chi connectivity index (χ1n) is 10.1. The first-order valence-corrected chi connectivity index (χ1v) is 11.0. The van der Waals surface area contributed by atoms with Crippen molar-refractivity contribution < 1.29 is 19.2 Å². The molecule has 0 aliphatic heterocycles. The minimum Gasteiger partial charge on any atom is -0.493 e. The maximum Gasteiger partial charge on any atom is 0.272 e. The van der Waals surface area contributed by atoms with Crippen LogP contribution in [0.15, 0.2) is 42.0 Å². The first kappa shape index (κ1) is 24.3. The Kier molecular flexibility index (Phi) is 7.89. The molecular formula is C23H21N5O5S. The maximum atomic E-state index is 12.5. The zero-order chi connectivity index (χ0) is 24.7. The maximum absolute atomic E-state index is 12.5. The van der Waals surface area contributed by atoms with Gasteiger partial charge in [-0.2, -0.15) is 5.26 Å². The van der Waals surface area contributed by atoms with Crippen LogP contribution in [-0.2, 0) is 17.8 Å². The third-order valence-corrected chi connectivity index (χ3v) is 5.70. The number of anilines is 1. The molecule has 174 valence electrons. The van der Waals surface area contributed by atoms with E-state index in [0.717, 1.165) is 5.01 Å². The lowest BCUT2D eigenvalue weighted by atomic mass is 10.1. The summed E-state index contributed by atoms with van der Waals surface area (Å²) in [5, 5.41) is 32.1. The van der Waals surface area contributed by atoms with Gasteiger partial charge in [-0.05, 0) is 42.7 Å². The van der Waals surface area contributed by atoms with Gasteiger partial charge in [0, 0.05) is 11.6 Å². The summed E-state index contributed by atoms with van der Waals surface area (Å²) in [6.07, 6.45) is 2.12. The molecule has 34 heavy (non-hydrogen) atoms. The predicted octanol–water partition coefficient (Wildman–Crippen LogP) is 4.45. The van der Waals surface area contributed by atoms with E-state index >= 15 is 0 Å². The smallest absolute Gasteiger partial charge is 0.272 e. The number of carbonyl (C=O) groups excluding carboxylic acids is 1. The van der Waals surface area contributed by atoms with Crippen molar-refractivity contribution in [2.75, 3.05) is 12.4 Å². The van der Waals surface area contributed by atoms with Crippen LogP contribution in [0.25, 0.3) is 6.08 Å². The number of amides is 1. The number of aromatic nitrogens is 2. The molecule has 0 aliphatic rings. The van der Waals surface area contributed by atoms with Crippen LogP contribution in [0.4, 0.5) is 10.8 Å². The lowest BCUT2D eigenvalue weighted by Crippen LogP contribution is -2.13. The zero-order valence-electron chi connectivity index (χ0n) is 18.7. The number of nitro groups is 1. The molecule has 0 radical (unpaired) electrons. The minimum atomic E-state index is -0.596. The molecule has 0 atom stereocenters. The van der Waals surface area contributed by atoms with Crippen molar-refractivity contribution in [2.24, 2.45) is 0 Å². The second kappa shape index (κ2) is 11.0. The molecule has 1 N–H and O–H groups in total. The molecule has 0 bridgehead atoms. The molecule has 0 unspecified atom stereocenters. The van der Waals surface area contributed by atoms with E-state index in [9.17, 15) is 20.2 Å². The van der Waals surface area contributed by atoms with Crippen molar-refractivity contribution in [3.8, 4) is 17.6 Å². The number of nitriles is 1. The Balaban J connectivity index is 1.75. The topological polar surface area (TPSA) is 140 Å². The Morgan fingerprint density at radius 3 is 2.71 bits per heavy atom. The Hall–Kier alpha value is -4.30. The third-order valence-electron chi connectivity index (χ3n) is 4.72. The van der Waals surface area contributed by atoms with E-state index in [0.29, 0.717) is 39.7 Å². The van der Waals surface area contributed by atoms with Crippen LogP contribution < -0.4 is 14.8 Å². The molecular weight excluding hydrogens is 458 g/mol. The van der Waals surface area contributed by atoms with Gasteiger partial charge in [0.25, 0.3) is 11.6 Å². The molecule has 0 fully saturated rings. The number of nitro benzene ring substituents is 1. The number of benzene rings is 2. The van der Waals surface area contributed by atoms with Gasteiger partial charge in [0.15, 0.2) is 11.5 Å². The van der Waals surface area contributed by atoms with Gasteiger partial charge in [-0.1, -0.05) is 36.5 Å². The van der Waals surface area contributed by atoms with Gasteiger partial charge in [-0.15, -0.1) is 10.2 Å². The number of hydrogen-bond acceptors (Lipinski definition) is 9. The lowest BCUT2D eigenvalue weighted by molar-refractivity contribution is -0.385. The Labute approximate surface area is 199 Å². The number of nitrogens with one attached hydrogen (secondary N) is 1. The monoisotopic (exact) mass is 479 g/mol.